The van der Waals surface area contributed by atoms with Crippen molar-refractivity contribution < 1.29 is 9.53 Å². The Balaban J connectivity index is 4.03. The van der Waals surface area contributed by atoms with Crippen LogP contribution in [0.3, 0.4) is 0 Å². The molecule has 0 spiro atoms. The maximum Gasteiger partial charge on any atom is 0.152 e. The van der Waals surface area contributed by atoms with E-state index in [2.05, 4.69) is 6.92 Å². The zero-order valence-corrected chi connectivity index (χ0v) is 9.75. The summed E-state index contributed by atoms with van der Waals surface area (Å²) in [5.41, 5.74) is 5.85. The fraction of sp³-hybridized carbons (Fsp3) is 0.909. The van der Waals surface area contributed by atoms with Gasteiger partial charge in [0.05, 0.1) is 6.04 Å². The minimum Gasteiger partial charge on any atom is -0.385 e. The minimum absolute atomic E-state index is 0.0129. The molecule has 0 aromatic rings. The van der Waals surface area contributed by atoms with Crippen LogP contribution in [0, 0.1) is 11.8 Å². The number of nitrogens with two attached hydrogens (primary N) is 1. The zero-order valence-electron chi connectivity index (χ0n) is 9.75. The Labute approximate surface area is 87.0 Å². The van der Waals surface area contributed by atoms with Crippen LogP contribution in [0.1, 0.15) is 33.6 Å². The van der Waals surface area contributed by atoms with Gasteiger partial charge in [0.15, 0.2) is 5.78 Å². The second kappa shape index (κ2) is 6.96. The van der Waals surface area contributed by atoms with Crippen molar-refractivity contribution in [2.75, 3.05) is 13.7 Å². The Morgan fingerprint density at radius 3 is 2.43 bits per heavy atom. The number of methoxy groups -OCH3 is 1. The average molecular weight is 201 g/mol. The Morgan fingerprint density at radius 1 is 1.43 bits per heavy atom. The third kappa shape index (κ3) is 4.20. The summed E-state index contributed by atoms with van der Waals surface area (Å²) < 4.78 is 4.94. The third-order valence-electron chi connectivity index (χ3n) is 2.83. The number of carbonyl (C=O) groups is 1. The van der Waals surface area contributed by atoms with E-state index in [0.29, 0.717) is 6.61 Å². The minimum atomic E-state index is -0.313. The van der Waals surface area contributed by atoms with E-state index >= 15 is 0 Å². The predicted octanol–water partition coefficient (Wildman–Crippen LogP) is 1.60. The van der Waals surface area contributed by atoms with Gasteiger partial charge >= 0.3 is 0 Å². The second-order valence-corrected chi connectivity index (χ2v) is 4.00. The number of rotatable bonds is 7. The zero-order chi connectivity index (χ0) is 11.1. The second-order valence-electron chi connectivity index (χ2n) is 4.00. The highest BCUT2D eigenvalue weighted by Crippen LogP contribution is 2.13. The van der Waals surface area contributed by atoms with Crippen molar-refractivity contribution in [2.45, 2.75) is 39.7 Å². The molecule has 0 aliphatic heterocycles. The summed E-state index contributed by atoms with van der Waals surface area (Å²) in [6, 6.07) is -0.313. The van der Waals surface area contributed by atoms with Crippen LogP contribution in [0.5, 0.6) is 0 Å². The molecule has 0 radical (unpaired) electrons. The summed E-state index contributed by atoms with van der Waals surface area (Å²) in [5, 5.41) is 0. The highest BCUT2D eigenvalue weighted by molar-refractivity contribution is 5.86. The van der Waals surface area contributed by atoms with Gasteiger partial charge in [-0.05, 0) is 12.3 Å². The molecule has 0 bridgehead atoms. The van der Waals surface area contributed by atoms with Gasteiger partial charge in [-0.15, -0.1) is 0 Å². The monoisotopic (exact) mass is 201 g/mol. The first-order valence-corrected chi connectivity index (χ1v) is 5.32. The van der Waals surface area contributed by atoms with Gasteiger partial charge < -0.3 is 10.5 Å². The number of ether oxygens (including phenoxy) is 1. The molecule has 0 saturated carbocycles. The smallest absolute Gasteiger partial charge is 0.152 e. The molecule has 14 heavy (non-hydrogen) atoms. The number of hydrogen-bond donors (Lipinski definition) is 1. The molecular weight excluding hydrogens is 178 g/mol. The van der Waals surface area contributed by atoms with E-state index in [4.69, 9.17) is 10.5 Å². The van der Waals surface area contributed by atoms with Gasteiger partial charge in [-0.1, -0.05) is 27.2 Å². The lowest BCUT2D eigenvalue weighted by Crippen LogP contribution is -2.40. The molecule has 3 nitrogen and oxygen atoms in total. The maximum absolute atomic E-state index is 11.8. The maximum atomic E-state index is 11.8. The SMILES string of the molecule is CCC(C)C(N)C(=O)C(C)CCOC. The topological polar surface area (TPSA) is 52.3 Å². The van der Waals surface area contributed by atoms with Crippen LogP contribution in [0.15, 0.2) is 0 Å². The summed E-state index contributed by atoms with van der Waals surface area (Å²) in [7, 11) is 1.64. The lowest BCUT2D eigenvalue weighted by Gasteiger charge is -2.20. The van der Waals surface area contributed by atoms with E-state index in [9.17, 15) is 4.79 Å². The number of carbonyl (C=O) groups excluding carboxylic acids is 1. The lowest BCUT2D eigenvalue weighted by molar-refractivity contribution is -0.125. The first kappa shape index (κ1) is 13.6. The van der Waals surface area contributed by atoms with Crippen molar-refractivity contribution in [3.8, 4) is 0 Å². The molecular formula is C11H23NO2. The van der Waals surface area contributed by atoms with Gasteiger partial charge in [0.25, 0.3) is 0 Å². The molecule has 2 N–H and O–H groups in total. The first-order valence-electron chi connectivity index (χ1n) is 5.32. The van der Waals surface area contributed by atoms with Crippen molar-refractivity contribution in [2.24, 2.45) is 17.6 Å². The summed E-state index contributed by atoms with van der Waals surface area (Å²) in [4.78, 5) is 11.8. The Bertz CT molecular complexity index is 171. The van der Waals surface area contributed by atoms with Crippen LogP contribution < -0.4 is 5.73 Å². The van der Waals surface area contributed by atoms with E-state index in [1.807, 2.05) is 13.8 Å². The fourth-order valence-electron chi connectivity index (χ4n) is 1.30. The van der Waals surface area contributed by atoms with E-state index in [1.165, 1.54) is 0 Å². The van der Waals surface area contributed by atoms with Crippen molar-refractivity contribution >= 4 is 5.78 Å². The summed E-state index contributed by atoms with van der Waals surface area (Å²) in [6.07, 6.45) is 1.71. The van der Waals surface area contributed by atoms with E-state index in [-0.39, 0.29) is 23.7 Å². The highest BCUT2D eigenvalue weighted by atomic mass is 16.5. The molecule has 0 aliphatic rings. The molecule has 3 unspecified atom stereocenters. The van der Waals surface area contributed by atoms with Crippen LogP contribution in [-0.2, 0) is 9.53 Å². The molecule has 0 aromatic carbocycles. The number of Topliss-reactive ketones (excluding diaryl/α,β-unsaturated/α-hetero) is 1. The van der Waals surface area contributed by atoms with Crippen molar-refractivity contribution in [1.82, 2.24) is 0 Å². The molecule has 0 heterocycles. The molecule has 0 aromatic heterocycles. The predicted molar refractivity (Wildman–Crippen MR) is 58.1 cm³/mol. The van der Waals surface area contributed by atoms with Gasteiger partial charge in [-0.25, -0.2) is 0 Å². The third-order valence-corrected chi connectivity index (χ3v) is 2.83. The molecule has 0 rings (SSSR count). The van der Waals surface area contributed by atoms with Crippen LogP contribution >= 0.6 is 0 Å². The van der Waals surface area contributed by atoms with Crippen molar-refractivity contribution in [3.05, 3.63) is 0 Å². The van der Waals surface area contributed by atoms with Gasteiger partial charge in [0, 0.05) is 19.6 Å². The van der Waals surface area contributed by atoms with E-state index < -0.39 is 0 Å². The molecule has 3 heteroatoms. The van der Waals surface area contributed by atoms with Gasteiger partial charge in [-0.3, -0.25) is 4.79 Å². The summed E-state index contributed by atoms with van der Waals surface area (Å²) in [5.74, 6) is 0.447. The highest BCUT2D eigenvalue weighted by Gasteiger charge is 2.23. The molecule has 0 fully saturated rings. The first-order chi connectivity index (χ1) is 6.54. The van der Waals surface area contributed by atoms with Crippen molar-refractivity contribution in [3.63, 3.8) is 0 Å². The van der Waals surface area contributed by atoms with Crippen LogP contribution in [0.25, 0.3) is 0 Å². The summed E-state index contributed by atoms with van der Waals surface area (Å²) >= 11 is 0. The Hall–Kier alpha value is -0.410. The van der Waals surface area contributed by atoms with Gasteiger partial charge in [0.2, 0.25) is 0 Å². The van der Waals surface area contributed by atoms with Crippen LogP contribution in [0.2, 0.25) is 0 Å². The Kier molecular flexibility index (Phi) is 6.75. The normalized spacial score (nSPS) is 17.5. The molecule has 84 valence electrons. The lowest BCUT2D eigenvalue weighted by atomic mass is 9.89. The van der Waals surface area contributed by atoms with E-state index in [0.717, 1.165) is 12.8 Å². The number of hydrogen-bond acceptors (Lipinski definition) is 3. The van der Waals surface area contributed by atoms with Gasteiger partial charge in [0.1, 0.15) is 0 Å². The molecule has 3 atom stereocenters. The van der Waals surface area contributed by atoms with Crippen LogP contribution in [0.4, 0.5) is 0 Å². The molecule has 0 amide bonds. The van der Waals surface area contributed by atoms with E-state index in [1.54, 1.807) is 7.11 Å². The molecule has 0 aliphatic carbocycles. The standard InChI is InChI=1S/C11H23NO2/c1-5-8(2)10(12)11(13)9(3)6-7-14-4/h8-10H,5-7,12H2,1-4H3. The Morgan fingerprint density at radius 2 is 2.00 bits per heavy atom. The number of ketones is 1. The average Bonchev–Trinajstić information content (AvgIpc) is 2.22. The largest absolute Gasteiger partial charge is 0.385 e. The summed E-state index contributed by atoms with van der Waals surface area (Å²) in [6.45, 7) is 6.62. The quantitative estimate of drug-likeness (QED) is 0.680. The van der Waals surface area contributed by atoms with Gasteiger partial charge in [-0.2, -0.15) is 0 Å². The fourth-order valence-corrected chi connectivity index (χ4v) is 1.30. The van der Waals surface area contributed by atoms with Crippen LogP contribution in [-0.4, -0.2) is 25.5 Å². The molecule has 0 saturated heterocycles. The van der Waals surface area contributed by atoms with Crippen molar-refractivity contribution in [1.29, 1.82) is 0 Å².